The first kappa shape index (κ1) is 16.6. The normalized spacial score (nSPS) is 12.1. The Hall–Kier alpha value is -2.74. The number of phenols is 1. The maximum absolute atomic E-state index is 12.6. The largest absolute Gasteiger partial charge is 0.507 e. The highest BCUT2D eigenvalue weighted by atomic mass is 19.4. The van der Waals surface area contributed by atoms with Crippen LogP contribution in [0.2, 0.25) is 0 Å². The van der Waals surface area contributed by atoms with Crippen molar-refractivity contribution in [3.05, 3.63) is 64.2 Å². The van der Waals surface area contributed by atoms with Crippen molar-refractivity contribution in [2.45, 2.75) is 20.0 Å². The second-order valence-electron chi connectivity index (χ2n) is 5.25. The van der Waals surface area contributed by atoms with Gasteiger partial charge in [0.2, 0.25) is 0 Å². The third-order valence-corrected chi connectivity index (χ3v) is 3.47. The smallest absolute Gasteiger partial charge is 0.416 e. The Kier molecular flexibility index (Phi) is 4.46. The van der Waals surface area contributed by atoms with Crippen LogP contribution in [0.3, 0.4) is 0 Å². The van der Waals surface area contributed by atoms with E-state index in [9.17, 15) is 23.5 Å². The van der Waals surface area contributed by atoms with Crippen LogP contribution in [0.5, 0.6) is 5.75 Å². The van der Waals surface area contributed by atoms with E-state index in [1.807, 2.05) is 6.07 Å². The number of nitrogens with zero attached hydrogens (tertiary/aromatic N) is 1. The molecule has 0 saturated carbocycles. The van der Waals surface area contributed by atoms with Gasteiger partial charge in [0, 0.05) is 0 Å². The van der Waals surface area contributed by atoms with Crippen LogP contribution in [-0.2, 0) is 6.18 Å². The van der Waals surface area contributed by atoms with Gasteiger partial charge >= 0.3 is 6.18 Å². The van der Waals surface area contributed by atoms with Gasteiger partial charge in [0.1, 0.15) is 5.75 Å². The molecular formula is C18H14F3NO. The van der Waals surface area contributed by atoms with Crippen LogP contribution in [0.15, 0.2) is 36.4 Å². The quantitative estimate of drug-likeness (QED) is 0.619. The monoisotopic (exact) mass is 317 g/mol. The summed E-state index contributed by atoms with van der Waals surface area (Å²) in [6.45, 7) is 3.48. The molecule has 2 aromatic rings. The lowest BCUT2D eigenvalue weighted by Crippen LogP contribution is -2.04. The van der Waals surface area contributed by atoms with Crippen molar-refractivity contribution in [3.63, 3.8) is 0 Å². The van der Waals surface area contributed by atoms with E-state index < -0.39 is 11.7 Å². The highest BCUT2D eigenvalue weighted by Crippen LogP contribution is 2.31. The van der Waals surface area contributed by atoms with Gasteiger partial charge in [0.15, 0.2) is 0 Å². The van der Waals surface area contributed by atoms with E-state index >= 15 is 0 Å². The Labute approximate surface area is 132 Å². The minimum Gasteiger partial charge on any atom is -0.507 e. The summed E-state index contributed by atoms with van der Waals surface area (Å²) in [6.07, 6.45) is -2.82. The number of hydrogen-bond acceptors (Lipinski definition) is 2. The van der Waals surface area contributed by atoms with Crippen molar-refractivity contribution in [3.8, 4) is 11.8 Å². The molecule has 0 spiro atoms. The van der Waals surface area contributed by atoms with E-state index in [0.717, 1.165) is 12.1 Å². The molecule has 2 aromatic carbocycles. The van der Waals surface area contributed by atoms with Crippen molar-refractivity contribution in [2.75, 3.05) is 0 Å². The molecule has 0 heterocycles. The summed E-state index contributed by atoms with van der Waals surface area (Å²) >= 11 is 0. The zero-order chi connectivity index (χ0) is 17.2. The summed E-state index contributed by atoms with van der Waals surface area (Å²) in [5, 5.41) is 19.0. The fraction of sp³-hybridized carbons (Fsp3) is 0.167. The van der Waals surface area contributed by atoms with Gasteiger partial charge in [-0.05, 0) is 66.4 Å². The SMILES string of the molecule is Cc1cc(C=C(C#N)c2ccc(C(F)(F)F)cc2)cc(C)c1O. The van der Waals surface area contributed by atoms with Crippen LogP contribution in [-0.4, -0.2) is 5.11 Å². The molecule has 0 aliphatic heterocycles. The molecule has 0 amide bonds. The van der Waals surface area contributed by atoms with E-state index in [-0.39, 0.29) is 11.3 Å². The first-order valence-corrected chi connectivity index (χ1v) is 6.82. The molecular weight excluding hydrogens is 303 g/mol. The molecule has 0 bridgehead atoms. The van der Waals surface area contributed by atoms with Crippen molar-refractivity contribution < 1.29 is 18.3 Å². The number of aromatic hydroxyl groups is 1. The zero-order valence-corrected chi connectivity index (χ0v) is 12.6. The summed E-state index contributed by atoms with van der Waals surface area (Å²) in [4.78, 5) is 0. The molecule has 1 N–H and O–H groups in total. The third kappa shape index (κ3) is 3.72. The Morgan fingerprint density at radius 2 is 1.61 bits per heavy atom. The number of aryl methyl sites for hydroxylation is 2. The molecule has 0 atom stereocenters. The summed E-state index contributed by atoms with van der Waals surface area (Å²) in [5.74, 6) is 0.190. The van der Waals surface area contributed by atoms with E-state index in [0.29, 0.717) is 22.3 Å². The Morgan fingerprint density at radius 3 is 2.04 bits per heavy atom. The second kappa shape index (κ2) is 6.17. The lowest BCUT2D eigenvalue weighted by Gasteiger charge is -2.08. The summed E-state index contributed by atoms with van der Waals surface area (Å²) in [6, 6.07) is 9.88. The van der Waals surface area contributed by atoms with Gasteiger partial charge in [-0.25, -0.2) is 0 Å². The topological polar surface area (TPSA) is 44.0 Å². The number of allylic oxidation sites excluding steroid dienone is 1. The summed E-state index contributed by atoms with van der Waals surface area (Å²) in [5.41, 5.74) is 1.94. The van der Waals surface area contributed by atoms with E-state index in [1.54, 1.807) is 32.1 Å². The number of phenolic OH excluding ortho intramolecular Hbond substituents is 1. The molecule has 0 aliphatic rings. The molecule has 2 nitrogen and oxygen atoms in total. The van der Waals surface area contributed by atoms with Gasteiger partial charge in [0.25, 0.3) is 0 Å². The van der Waals surface area contributed by atoms with Gasteiger partial charge in [0.05, 0.1) is 17.2 Å². The van der Waals surface area contributed by atoms with Crippen LogP contribution in [0.25, 0.3) is 11.6 Å². The Morgan fingerprint density at radius 1 is 1.09 bits per heavy atom. The van der Waals surface area contributed by atoms with Crippen LogP contribution < -0.4 is 0 Å². The molecule has 5 heteroatoms. The Balaban J connectivity index is 2.42. The number of halogens is 3. The molecule has 0 aliphatic carbocycles. The molecule has 0 radical (unpaired) electrons. The van der Waals surface area contributed by atoms with Gasteiger partial charge < -0.3 is 5.11 Å². The molecule has 118 valence electrons. The standard InChI is InChI=1S/C18H14F3NO/c1-11-7-13(8-12(2)17(11)23)9-15(10-22)14-3-5-16(6-4-14)18(19,20)21/h3-9,23H,1-2H3. The first-order chi connectivity index (χ1) is 10.7. The predicted molar refractivity (Wildman–Crippen MR) is 82.5 cm³/mol. The molecule has 0 saturated heterocycles. The van der Waals surface area contributed by atoms with Crippen LogP contribution in [0.4, 0.5) is 13.2 Å². The first-order valence-electron chi connectivity index (χ1n) is 6.82. The highest BCUT2D eigenvalue weighted by Gasteiger charge is 2.30. The third-order valence-electron chi connectivity index (χ3n) is 3.47. The van der Waals surface area contributed by atoms with E-state index in [1.165, 1.54) is 12.1 Å². The molecule has 0 fully saturated rings. The maximum atomic E-state index is 12.6. The minimum absolute atomic E-state index is 0.190. The van der Waals surface area contributed by atoms with Gasteiger partial charge in [-0.2, -0.15) is 18.4 Å². The van der Waals surface area contributed by atoms with Crippen molar-refractivity contribution in [1.29, 1.82) is 5.26 Å². The average Bonchev–Trinajstić information content (AvgIpc) is 2.49. The Bertz CT molecular complexity index is 773. The van der Waals surface area contributed by atoms with E-state index in [4.69, 9.17) is 0 Å². The van der Waals surface area contributed by atoms with Crippen LogP contribution in [0.1, 0.15) is 27.8 Å². The second-order valence-corrected chi connectivity index (χ2v) is 5.25. The number of alkyl halides is 3. The van der Waals surface area contributed by atoms with Crippen molar-refractivity contribution >= 4 is 11.6 Å². The van der Waals surface area contributed by atoms with Crippen molar-refractivity contribution in [2.24, 2.45) is 0 Å². The number of rotatable bonds is 2. The number of nitriles is 1. The lowest BCUT2D eigenvalue weighted by molar-refractivity contribution is -0.137. The lowest BCUT2D eigenvalue weighted by atomic mass is 10.00. The number of benzene rings is 2. The van der Waals surface area contributed by atoms with Gasteiger partial charge in [-0.1, -0.05) is 12.1 Å². The molecule has 2 rings (SSSR count). The number of hydrogen-bond donors (Lipinski definition) is 1. The van der Waals surface area contributed by atoms with Gasteiger partial charge in [-0.15, -0.1) is 0 Å². The zero-order valence-electron chi connectivity index (χ0n) is 12.6. The van der Waals surface area contributed by atoms with Crippen LogP contribution in [0, 0.1) is 25.2 Å². The van der Waals surface area contributed by atoms with Gasteiger partial charge in [-0.3, -0.25) is 0 Å². The van der Waals surface area contributed by atoms with Crippen LogP contribution >= 0.6 is 0 Å². The van der Waals surface area contributed by atoms with Crippen molar-refractivity contribution in [1.82, 2.24) is 0 Å². The minimum atomic E-state index is -4.40. The molecule has 0 aromatic heterocycles. The predicted octanol–water partition coefficient (Wildman–Crippen LogP) is 5.09. The molecule has 0 unspecified atom stereocenters. The highest BCUT2D eigenvalue weighted by molar-refractivity contribution is 5.89. The fourth-order valence-corrected chi connectivity index (χ4v) is 2.26. The summed E-state index contributed by atoms with van der Waals surface area (Å²) in [7, 11) is 0. The molecule has 23 heavy (non-hydrogen) atoms. The average molecular weight is 317 g/mol. The van der Waals surface area contributed by atoms with E-state index in [2.05, 4.69) is 0 Å². The maximum Gasteiger partial charge on any atom is 0.416 e. The fourth-order valence-electron chi connectivity index (χ4n) is 2.26. The summed E-state index contributed by atoms with van der Waals surface area (Å²) < 4.78 is 37.7.